The lowest BCUT2D eigenvalue weighted by molar-refractivity contribution is 0.940. The van der Waals surface area contributed by atoms with Crippen LogP contribution >= 0.6 is 33.9 Å². The number of hydrogen-bond donors (Lipinski definition) is 1. The highest BCUT2D eigenvalue weighted by molar-refractivity contribution is 8.38. The van der Waals surface area contributed by atoms with Gasteiger partial charge in [-0.2, -0.15) is 0 Å². The first-order valence-corrected chi connectivity index (χ1v) is 5.48. The van der Waals surface area contributed by atoms with E-state index in [2.05, 4.69) is 5.32 Å². The van der Waals surface area contributed by atoms with Gasteiger partial charge in [-0.05, 0) is 16.2 Å². The largest absolute Gasteiger partial charge is 0.366 e. The molecule has 0 heterocycles. The molecular weight excluding hydrogens is 210 g/mol. The Bertz CT molecular complexity index is 250. The first kappa shape index (κ1) is 9.84. The zero-order valence-electron chi connectivity index (χ0n) is 6.29. The fourth-order valence-electron chi connectivity index (χ4n) is 0.797. The van der Waals surface area contributed by atoms with Crippen LogP contribution in [-0.4, -0.2) is 4.32 Å². The van der Waals surface area contributed by atoms with Gasteiger partial charge in [0.15, 0.2) is 0 Å². The van der Waals surface area contributed by atoms with Gasteiger partial charge in [0.2, 0.25) is 0 Å². The summed E-state index contributed by atoms with van der Waals surface area (Å²) in [6.07, 6.45) is 0. The van der Waals surface area contributed by atoms with Crippen molar-refractivity contribution in [1.29, 1.82) is 0 Å². The minimum Gasteiger partial charge on any atom is -0.366 e. The Balaban J connectivity index is 2.38. The number of rotatable bonds is 2. The molecule has 0 atom stereocenters. The third kappa shape index (κ3) is 3.43. The molecule has 0 aromatic heterocycles. The summed E-state index contributed by atoms with van der Waals surface area (Å²) in [4.78, 5) is 0. The van der Waals surface area contributed by atoms with E-state index in [9.17, 15) is 0 Å². The smallest absolute Gasteiger partial charge is 0.149 e. The van der Waals surface area contributed by atoms with Crippen LogP contribution in [0.2, 0.25) is 0 Å². The summed E-state index contributed by atoms with van der Waals surface area (Å²) in [6.45, 7) is 0.736. The van der Waals surface area contributed by atoms with E-state index in [1.165, 1.54) is 5.56 Å². The van der Waals surface area contributed by atoms with Crippen LogP contribution in [0, 0.1) is 0 Å². The second-order valence-corrected chi connectivity index (χ2v) is 3.90. The normalized spacial score (nSPS) is 9.42. The van der Waals surface area contributed by atoms with E-state index < -0.39 is 0 Å². The molecule has 1 nitrogen and oxygen atoms in total. The molecule has 64 valence electrons. The summed E-state index contributed by atoms with van der Waals surface area (Å²) in [5.74, 6) is 0. The van der Waals surface area contributed by atoms with Crippen LogP contribution in [0.5, 0.6) is 0 Å². The molecule has 1 aromatic rings. The predicted octanol–water partition coefficient (Wildman–Crippen LogP) is 2.95. The fraction of sp³-hybridized carbons (Fsp3) is 0.125. The fourth-order valence-corrected chi connectivity index (χ4v) is 1.16. The number of hydrogen-bond acceptors (Lipinski definition) is 2. The molecule has 0 saturated carbocycles. The van der Waals surface area contributed by atoms with E-state index in [1.54, 1.807) is 0 Å². The SMILES string of the molecule is S=C(NCc1ccccc1)SCl. The van der Waals surface area contributed by atoms with Crippen molar-refractivity contribution in [3.05, 3.63) is 35.9 Å². The second-order valence-electron chi connectivity index (χ2n) is 2.20. The van der Waals surface area contributed by atoms with Crippen LogP contribution in [0.25, 0.3) is 0 Å². The van der Waals surface area contributed by atoms with Crippen molar-refractivity contribution in [2.75, 3.05) is 0 Å². The van der Waals surface area contributed by atoms with Gasteiger partial charge in [-0.3, -0.25) is 0 Å². The second kappa shape index (κ2) is 5.41. The minimum atomic E-state index is 0.612. The van der Waals surface area contributed by atoms with Crippen LogP contribution in [0.3, 0.4) is 0 Å². The molecule has 0 aliphatic rings. The molecule has 0 fully saturated rings. The molecule has 1 N–H and O–H groups in total. The minimum absolute atomic E-state index is 0.612. The van der Waals surface area contributed by atoms with Gasteiger partial charge in [0.05, 0.1) is 0 Å². The van der Waals surface area contributed by atoms with Crippen molar-refractivity contribution in [1.82, 2.24) is 5.32 Å². The summed E-state index contributed by atoms with van der Waals surface area (Å²) in [5.41, 5.74) is 1.20. The molecule has 4 heteroatoms. The Hall–Kier alpha value is -0.250. The van der Waals surface area contributed by atoms with E-state index in [4.69, 9.17) is 22.9 Å². The Morgan fingerprint density at radius 2 is 2.08 bits per heavy atom. The summed E-state index contributed by atoms with van der Waals surface area (Å²) >= 11 is 4.87. The number of nitrogens with one attached hydrogen (secondary N) is 1. The van der Waals surface area contributed by atoms with Crippen molar-refractivity contribution in [3.63, 3.8) is 0 Å². The molecule has 0 aliphatic carbocycles. The van der Waals surface area contributed by atoms with Crippen LogP contribution in [-0.2, 0) is 6.54 Å². The van der Waals surface area contributed by atoms with E-state index >= 15 is 0 Å². The third-order valence-electron chi connectivity index (χ3n) is 1.35. The monoisotopic (exact) mass is 217 g/mol. The van der Waals surface area contributed by atoms with Gasteiger partial charge in [-0.1, -0.05) is 42.5 Å². The molecule has 0 radical (unpaired) electrons. The van der Waals surface area contributed by atoms with Crippen molar-refractivity contribution in [2.24, 2.45) is 0 Å². The maximum absolute atomic E-state index is 5.43. The first-order valence-electron chi connectivity index (χ1n) is 3.43. The van der Waals surface area contributed by atoms with Crippen molar-refractivity contribution in [2.45, 2.75) is 6.54 Å². The van der Waals surface area contributed by atoms with Crippen LogP contribution in [0.1, 0.15) is 5.56 Å². The van der Waals surface area contributed by atoms with Gasteiger partial charge in [-0.15, -0.1) is 0 Å². The Labute approximate surface area is 86.0 Å². The average molecular weight is 218 g/mol. The highest BCUT2D eigenvalue weighted by atomic mass is 35.7. The van der Waals surface area contributed by atoms with Crippen molar-refractivity contribution < 1.29 is 0 Å². The molecule has 0 unspecified atom stereocenters. The number of thiocarbonyl (C=S) groups is 1. The van der Waals surface area contributed by atoms with Crippen LogP contribution in [0.15, 0.2) is 30.3 Å². The standard InChI is InChI=1S/C8H8ClNS2/c9-12-8(11)10-6-7-4-2-1-3-5-7/h1-5H,6H2,(H,10,11). The molecule has 1 rings (SSSR count). The quantitative estimate of drug-likeness (QED) is 0.766. The van der Waals surface area contributed by atoms with Crippen LogP contribution < -0.4 is 5.32 Å². The van der Waals surface area contributed by atoms with Crippen LogP contribution in [0.4, 0.5) is 0 Å². The molecule has 0 bridgehead atoms. The average Bonchev–Trinajstić information content (AvgIpc) is 2.16. The maximum atomic E-state index is 5.43. The number of benzene rings is 1. The maximum Gasteiger partial charge on any atom is 0.149 e. The Morgan fingerprint density at radius 1 is 1.42 bits per heavy atom. The van der Waals surface area contributed by atoms with Gasteiger partial charge in [0.25, 0.3) is 0 Å². The molecule has 1 aromatic carbocycles. The van der Waals surface area contributed by atoms with E-state index in [0.717, 1.165) is 17.5 Å². The molecule has 0 aliphatic heterocycles. The summed E-state index contributed by atoms with van der Waals surface area (Å²) in [6, 6.07) is 10.0. The lowest BCUT2D eigenvalue weighted by atomic mass is 10.2. The summed E-state index contributed by atoms with van der Waals surface area (Å²) in [7, 11) is 6.47. The predicted molar refractivity (Wildman–Crippen MR) is 59.3 cm³/mol. The molecule has 0 saturated heterocycles. The lowest BCUT2D eigenvalue weighted by Crippen LogP contribution is -2.16. The first-order chi connectivity index (χ1) is 5.83. The van der Waals surface area contributed by atoms with Gasteiger partial charge < -0.3 is 5.32 Å². The Kier molecular flexibility index (Phi) is 4.43. The highest BCUT2D eigenvalue weighted by Gasteiger charge is 1.93. The van der Waals surface area contributed by atoms with Crippen molar-refractivity contribution >= 4 is 38.2 Å². The van der Waals surface area contributed by atoms with Gasteiger partial charge in [0.1, 0.15) is 4.32 Å². The van der Waals surface area contributed by atoms with E-state index in [0.29, 0.717) is 4.32 Å². The van der Waals surface area contributed by atoms with Crippen molar-refractivity contribution in [3.8, 4) is 0 Å². The zero-order valence-corrected chi connectivity index (χ0v) is 8.68. The molecule has 0 spiro atoms. The molecule has 0 amide bonds. The highest BCUT2D eigenvalue weighted by Crippen LogP contribution is 2.07. The molecular formula is C8H8ClNS2. The summed E-state index contributed by atoms with van der Waals surface area (Å²) < 4.78 is 0.612. The Morgan fingerprint density at radius 3 is 2.67 bits per heavy atom. The number of halogens is 1. The topological polar surface area (TPSA) is 12.0 Å². The van der Waals surface area contributed by atoms with E-state index in [-0.39, 0.29) is 0 Å². The zero-order chi connectivity index (χ0) is 8.81. The third-order valence-corrected chi connectivity index (χ3v) is 2.77. The van der Waals surface area contributed by atoms with Gasteiger partial charge >= 0.3 is 0 Å². The van der Waals surface area contributed by atoms with E-state index in [1.807, 2.05) is 30.3 Å². The van der Waals surface area contributed by atoms with Gasteiger partial charge in [0, 0.05) is 17.5 Å². The summed E-state index contributed by atoms with van der Waals surface area (Å²) in [5, 5.41) is 3.01. The van der Waals surface area contributed by atoms with Gasteiger partial charge in [-0.25, -0.2) is 0 Å². The lowest BCUT2D eigenvalue weighted by Gasteiger charge is -2.03. The molecule has 12 heavy (non-hydrogen) atoms.